The monoisotopic (exact) mass is 596 g/mol. The van der Waals surface area contributed by atoms with Gasteiger partial charge in [0, 0.05) is 82.3 Å². The van der Waals surface area contributed by atoms with Gasteiger partial charge in [0.05, 0.1) is 5.69 Å². The highest BCUT2D eigenvalue weighted by molar-refractivity contribution is 6.06. The molecule has 2 heterocycles. The van der Waals surface area contributed by atoms with Crippen molar-refractivity contribution in [3.63, 3.8) is 0 Å². The molecule has 0 spiro atoms. The van der Waals surface area contributed by atoms with Crippen LogP contribution < -0.4 is 16.4 Å². The van der Waals surface area contributed by atoms with E-state index in [2.05, 4.69) is 49.3 Å². The minimum atomic E-state index is -0.324. The van der Waals surface area contributed by atoms with Crippen LogP contribution in [0.1, 0.15) is 37.4 Å². The topological polar surface area (TPSA) is 110 Å². The fraction of sp³-hybridized carbons (Fsp3) is 0.382. The number of hydrogen-bond acceptors (Lipinski definition) is 7. The Hall–Kier alpha value is -4.09. The second-order valence-corrected chi connectivity index (χ2v) is 12.0. The SMILES string of the molecule is Cc1ccc(NC(=O)c2ccc(CN3CCN(C)CC3)cc2)cc1N=C(N)NC(=O)c1ccc(CN2CCN(C)CC2)cc1. The number of hydrogen-bond donors (Lipinski definition) is 3. The van der Waals surface area contributed by atoms with Crippen molar-refractivity contribution in [3.8, 4) is 0 Å². The lowest BCUT2D eigenvalue weighted by Gasteiger charge is -2.32. The fourth-order valence-corrected chi connectivity index (χ4v) is 5.41. The van der Waals surface area contributed by atoms with Crippen LogP contribution >= 0.6 is 0 Å². The van der Waals surface area contributed by atoms with Gasteiger partial charge >= 0.3 is 0 Å². The largest absolute Gasteiger partial charge is 0.369 e. The molecule has 0 saturated carbocycles. The molecule has 0 radical (unpaired) electrons. The standard InChI is InChI=1S/C34H44N8O2/c1-25-4-13-30(36-32(43)28-9-5-26(6-10-28)23-41-18-14-39(2)15-19-41)22-31(25)37-34(35)38-33(44)29-11-7-27(8-12-29)24-42-20-16-40(3)17-21-42/h4-13,22H,14-21,23-24H2,1-3H3,(H,36,43)(H3,35,37,38,44). The minimum Gasteiger partial charge on any atom is -0.369 e. The van der Waals surface area contributed by atoms with Crippen LogP contribution in [0.2, 0.25) is 0 Å². The number of amides is 2. The number of rotatable bonds is 8. The number of aryl methyl sites for hydroxylation is 1. The van der Waals surface area contributed by atoms with Gasteiger partial charge in [-0.3, -0.25) is 24.7 Å². The Bertz CT molecular complexity index is 1460. The van der Waals surface area contributed by atoms with E-state index in [4.69, 9.17) is 5.73 Å². The second-order valence-electron chi connectivity index (χ2n) is 12.0. The summed E-state index contributed by atoms with van der Waals surface area (Å²) >= 11 is 0. The van der Waals surface area contributed by atoms with Crippen molar-refractivity contribution in [3.05, 3.63) is 94.5 Å². The van der Waals surface area contributed by atoms with Gasteiger partial charge in [0.15, 0.2) is 0 Å². The number of nitrogens with zero attached hydrogens (tertiary/aromatic N) is 5. The summed E-state index contributed by atoms with van der Waals surface area (Å²) in [5.74, 6) is -0.540. The fourth-order valence-electron chi connectivity index (χ4n) is 5.41. The molecule has 0 atom stereocenters. The maximum absolute atomic E-state index is 13.0. The molecule has 0 unspecified atom stereocenters. The molecule has 10 nitrogen and oxygen atoms in total. The quantitative estimate of drug-likeness (QED) is 0.271. The van der Waals surface area contributed by atoms with E-state index in [1.165, 1.54) is 11.1 Å². The van der Waals surface area contributed by atoms with Crippen LogP contribution in [0.15, 0.2) is 71.7 Å². The van der Waals surface area contributed by atoms with Crippen LogP contribution in [-0.4, -0.2) is 104 Å². The van der Waals surface area contributed by atoms with Gasteiger partial charge in [-0.1, -0.05) is 30.3 Å². The van der Waals surface area contributed by atoms with Gasteiger partial charge in [0.25, 0.3) is 11.8 Å². The molecular weight excluding hydrogens is 552 g/mol. The smallest absolute Gasteiger partial charge is 0.257 e. The van der Waals surface area contributed by atoms with Gasteiger partial charge in [-0.15, -0.1) is 0 Å². The van der Waals surface area contributed by atoms with Crippen LogP contribution in [0.5, 0.6) is 0 Å². The van der Waals surface area contributed by atoms with E-state index in [0.717, 1.165) is 71.0 Å². The average Bonchev–Trinajstić information content (AvgIpc) is 3.02. The number of guanidine groups is 1. The first-order valence-corrected chi connectivity index (χ1v) is 15.3. The number of nitrogens with two attached hydrogens (primary N) is 1. The molecule has 3 aromatic rings. The molecule has 4 N–H and O–H groups in total. The molecule has 10 heteroatoms. The Kier molecular flexibility index (Phi) is 10.4. The number of anilines is 1. The van der Waals surface area contributed by atoms with Crippen molar-refractivity contribution in [2.45, 2.75) is 20.0 Å². The predicted molar refractivity (Wildman–Crippen MR) is 176 cm³/mol. The molecule has 5 rings (SSSR count). The Labute approximate surface area is 260 Å². The Morgan fingerprint density at radius 2 is 1.18 bits per heavy atom. The number of likely N-dealkylation sites (N-methyl/N-ethyl adjacent to an activating group) is 2. The summed E-state index contributed by atoms with van der Waals surface area (Å²) in [6.45, 7) is 12.1. The molecule has 2 aliphatic rings. The summed E-state index contributed by atoms with van der Waals surface area (Å²) in [6.07, 6.45) is 0. The summed E-state index contributed by atoms with van der Waals surface area (Å²) in [6, 6.07) is 20.8. The van der Waals surface area contributed by atoms with Gasteiger partial charge in [-0.05, 0) is 74.1 Å². The van der Waals surface area contributed by atoms with Crippen molar-refractivity contribution in [2.24, 2.45) is 10.7 Å². The van der Waals surface area contributed by atoms with Crippen molar-refractivity contribution >= 4 is 29.1 Å². The van der Waals surface area contributed by atoms with Crippen LogP contribution in [0, 0.1) is 6.92 Å². The number of piperazine rings is 2. The lowest BCUT2D eigenvalue weighted by atomic mass is 10.1. The van der Waals surface area contributed by atoms with Crippen LogP contribution in [0.25, 0.3) is 0 Å². The van der Waals surface area contributed by atoms with E-state index in [1.807, 2.05) is 67.6 Å². The summed E-state index contributed by atoms with van der Waals surface area (Å²) in [7, 11) is 4.29. The van der Waals surface area contributed by atoms with E-state index < -0.39 is 0 Å². The van der Waals surface area contributed by atoms with Gasteiger partial charge < -0.3 is 20.9 Å². The third-order valence-corrected chi connectivity index (χ3v) is 8.39. The summed E-state index contributed by atoms with van der Waals surface area (Å²) in [5, 5.41) is 5.63. The number of benzene rings is 3. The van der Waals surface area contributed by atoms with Gasteiger partial charge in [0.2, 0.25) is 5.96 Å². The molecule has 2 amide bonds. The zero-order valence-corrected chi connectivity index (χ0v) is 26.1. The molecule has 2 saturated heterocycles. The van der Waals surface area contributed by atoms with Crippen molar-refractivity contribution in [2.75, 3.05) is 71.8 Å². The molecule has 3 aromatic carbocycles. The third kappa shape index (κ3) is 8.73. The molecular formula is C34H44N8O2. The molecule has 2 fully saturated rings. The lowest BCUT2D eigenvalue weighted by molar-refractivity contribution is 0.0975. The van der Waals surface area contributed by atoms with E-state index in [0.29, 0.717) is 22.5 Å². The highest BCUT2D eigenvalue weighted by Gasteiger charge is 2.16. The third-order valence-electron chi connectivity index (χ3n) is 8.39. The average molecular weight is 597 g/mol. The van der Waals surface area contributed by atoms with Crippen molar-refractivity contribution in [1.82, 2.24) is 24.9 Å². The summed E-state index contributed by atoms with van der Waals surface area (Å²) < 4.78 is 0. The van der Waals surface area contributed by atoms with E-state index >= 15 is 0 Å². The number of carbonyl (C=O) groups is 2. The van der Waals surface area contributed by atoms with E-state index in [-0.39, 0.29) is 17.8 Å². The highest BCUT2D eigenvalue weighted by atomic mass is 16.2. The molecule has 232 valence electrons. The molecule has 0 aliphatic carbocycles. The van der Waals surface area contributed by atoms with Crippen molar-refractivity contribution in [1.29, 1.82) is 0 Å². The first kappa shape index (κ1) is 31.3. The second kappa shape index (κ2) is 14.6. The maximum Gasteiger partial charge on any atom is 0.257 e. The lowest BCUT2D eigenvalue weighted by Crippen LogP contribution is -2.43. The zero-order valence-electron chi connectivity index (χ0n) is 26.1. The summed E-state index contributed by atoms with van der Waals surface area (Å²) in [5.41, 5.74) is 11.6. The van der Waals surface area contributed by atoms with E-state index in [1.54, 1.807) is 6.07 Å². The Morgan fingerprint density at radius 1 is 0.705 bits per heavy atom. The number of nitrogens with one attached hydrogen (secondary N) is 2. The van der Waals surface area contributed by atoms with Crippen molar-refractivity contribution < 1.29 is 9.59 Å². The Balaban J connectivity index is 1.15. The molecule has 2 aliphatic heterocycles. The van der Waals surface area contributed by atoms with Crippen LogP contribution in [0.4, 0.5) is 11.4 Å². The zero-order chi connectivity index (χ0) is 31.1. The first-order chi connectivity index (χ1) is 21.2. The molecule has 44 heavy (non-hydrogen) atoms. The van der Waals surface area contributed by atoms with Gasteiger partial charge in [-0.2, -0.15) is 0 Å². The maximum atomic E-state index is 13.0. The molecule has 0 bridgehead atoms. The first-order valence-electron chi connectivity index (χ1n) is 15.3. The molecule has 0 aromatic heterocycles. The highest BCUT2D eigenvalue weighted by Crippen LogP contribution is 2.24. The predicted octanol–water partition coefficient (Wildman–Crippen LogP) is 3.12. The Morgan fingerprint density at radius 3 is 1.68 bits per heavy atom. The normalized spacial score (nSPS) is 17.4. The summed E-state index contributed by atoms with van der Waals surface area (Å²) in [4.78, 5) is 39.8. The van der Waals surface area contributed by atoms with Gasteiger partial charge in [0.1, 0.15) is 0 Å². The minimum absolute atomic E-state index is 0.0148. The van der Waals surface area contributed by atoms with Gasteiger partial charge in [-0.25, -0.2) is 4.99 Å². The number of carbonyl (C=O) groups excluding carboxylic acids is 2. The number of aliphatic imine (C=N–C) groups is 1. The van der Waals surface area contributed by atoms with Crippen LogP contribution in [-0.2, 0) is 13.1 Å². The van der Waals surface area contributed by atoms with E-state index in [9.17, 15) is 9.59 Å². The van der Waals surface area contributed by atoms with Crippen LogP contribution in [0.3, 0.4) is 0 Å².